The summed E-state index contributed by atoms with van der Waals surface area (Å²) in [7, 11) is 1.37. The second-order valence-corrected chi connectivity index (χ2v) is 5.95. The van der Waals surface area contributed by atoms with Crippen molar-refractivity contribution in [2.45, 2.75) is 12.8 Å². The van der Waals surface area contributed by atoms with Gasteiger partial charge in [-0.25, -0.2) is 9.78 Å². The molecule has 0 unspecified atom stereocenters. The summed E-state index contributed by atoms with van der Waals surface area (Å²) in [4.78, 5) is 20.5. The molecule has 0 atom stereocenters. The fraction of sp³-hybridized carbons (Fsp3) is 0.188. The van der Waals surface area contributed by atoms with Gasteiger partial charge >= 0.3 is 5.97 Å². The van der Waals surface area contributed by atoms with Crippen molar-refractivity contribution in [3.8, 4) is 0 Å². The molecule has 4 N–H and O–H groups in total. The minimum absolute atomic E-state index is 0.196. The Morgan fingerprint density at radius 2 is 1.91 bits per heavy atom. The van der Waals surface area contributed by atoms with Crippen LogP contribution in [0.2, 0.25) is 0 Å². The van der Waals surface area contributed by atoms with E-state index in [4.69, 9.17) is 16.2 Å². The fourth-order valence-corrected chi connectivity index (χ4v) is 3.42. The average Bonchev–Trinajstić information content (AvgIpc) is 2.95. The number of hydrogen-bond acceptors (Lipinski definition) is 7. The summed E-state index contributed by atoms with van der Waals surface area (Å²) >= 11 is 1.51. The van der Waals surface area contributed by atoms with E-state index in [1.807, 2.05) is 17.5 Å². The molecule has 3 rings (SSSR count). The monoisotopic (exact) mass is 328 g/mol. The highest BCUT2D eigenvalue weighted by atomic mass is 32.1. The summed E-state index contributed by atoms with van der Waals surface area (Å²) in [5.74, 6) is 0.287. The van der Waals surface area contributed by atoms with Crippen LogP contribution in [0.3, 0.4) is 0 Å². The first kappa shape index (κ1) is 15.2. The van der Waals surface area contributed by atoms with Crippen molar-refractivity contribution in [1.82, 2.24) is 9.97 Å². The summed E-state index contributed by atoms with van der Waals surface area (Å²) in [6, 6.07) is 7.40. The number of carbonyl (C=O) groups is 1. The lowest BCUT2D eigenvalue weighted by Gasteiger charge is -2.04. The van der Waals surface area contributed by atoms with Gasteiger partial charge < -0.3 is 16.2 Å². The van der Waals surface area contributed by atoms with Crippen LogP contribution in [0.1, 0.15) is 21.5 Å². The molecule has 0 spiro atoms. The Morgan fingerprint density at radius 1 is 1.17 bits per heavy atom. The largest absolute Gasteiger partial charge is 0.465 e. The molecule has 0 aliphatic carbocycles. The van der Waals surface area contributed by atoms with E-state index >= 15 is 0 Å². The van der Waals surface area contributed by atoms with E-state index in [0.29, 0.717) is 11.4 Å². The lowest BCUT2D eigenvalue weighted by molar-refractivity contribution is 0.0600. The molecule has 23 heavy (non-hydrogen) atoms. The Balaban J connectivity index is 1.77. The van der Waals surface area contributed by atoms with Crippen LogP contribution in [0.5, 0.6) is 0 Å². The number of ether oxygens (including phenoxy) is 1. The van der Waals surface area contributed by atoms with Crippen molar-refractivity contribution < 1.29 is 9.53 Å². The number of rotatable bonds is 4. The van der Waals surface area contributed by atoms with Crippen molar-refractivity contribution in [3.05, 3.63) is 46.3 Å². The van der Waals surface area contributed by atoms with Crippen molar-refractivity contribution in [2.24, 2.45) is 0 Å². The first-order chi connectivity index (χ1) is 11.1. The smallest absolute Gasteiger partial charge is 0.337 e. The second kappa shape index (κ2) is 6.21. The van der Waals surface area contributed by atoms with Gasteiger partial charge in [0.05, 0.1) is 18.1 Å². The number of nitrogens with zero attached hydrogens (tertiary/aromatic N) is 2. The minimum atomic E-state index is -0.331. The summed E-state index contributed by atoms with van der Waals surface area (Å²) in [6.07, 6.45) is 1.64. The Morgan fingerprint density at radius 3 is 2.61 bits per heavy atom. The fourth-order valence-electron chi connectivity index (χ4n) is 2.44. The Kier molecular flexibility index (Phi) is 4.12. The van der Waals surface area contributed by atoms with Gasteiger partial charge in [0.15, 0.2) is 0 Å². The predicted molar refractivity (Wildman–Crippen MR) is 91.4 cm³/mol. The van der Waals surface area contributed by atoms with Crippen LogP contribution >= 0.6 is 11.3 Å². The zero-order valence-electron chi connectivity index (χ0n) is 12.6. The zero-order valence-corrected chi connectivity index (χ0v) is 13.4. The van der Waals surface area contributed by atoms with Gasteiger partial charge in [0, 0.05) is 0 Å². The molecule has 0 saturated heterocycles. The van der Waals surface area contributed by atoms with E-state index in [-0.39, 0.29) is 11.9 Å². The van der Waals surface area contributed by atoms with Crippen molar-refractivity contribution in [1.29, 1.82) is 0 Å². The quantitative estimate of drug-likeness (QED) is 0.713. The molecule has 0 bridgehead atoms. The molecule has 3 aromatic rings. The standard InChI is InChI=1S/C16H16N4O2S/c1-22-15(21)10-5-2-9(3-6-10)4-7-11-8-23-14-12(11)13(17)19-16(18)20-14/h2-3,5-6,8H,4,7H2,1H3,(H4,17,18,19,20). The third-order valence-electron chi connectivity index (χ3n) is 3.61. The maximum absolute atomic E-state index is 11.4. The Bertz CT molecular complexity index is 858. The van der Waals surface area contributed by atoms with E-state index < -0.39 is 0 Å². The van der Waals surface area contributed by atoms with Gasteiger partial charge in [-0.1, -0.05) is 12.1 Å². The summed E-state index contributed by atoms with van der Waals surface area (Å²) < 4.78 is 4.69. The molecule has 0 radical (unpaired) electrons. The molecule has 1 aromatic carbocycles. The van der Waals surface area contributed by atoms with E-state index in [1.54, 1.807) is 12.1 Å². The number of nitrogen functional groups attached to an aromatic ring is 2. The number of hydrogen-bond donors (Lipinski definition) is 2. The van der Waals surface area contributed by atoms with E-state index in [9.17, 15) is 4.79 Å². The number of aryl methyl sites for hydroxylation is 2. The van der Waals surface area contributed by atoms with Gasteiger partial charge in [-0.3, -0.25) is 0 Å². The van der Waals surface area contributed by atoms with Crippen LogP contribution in [0.4, 0.5) is 11.8 Å². The van der Waals surface area contributed by atoms with Crippen LogP contribution in [0.15, 0.2) is 29.6 Å². The van der Waals surface area contributed by atoms with Crippen LogP contribution in [0, 0.1) is 0 Å². The highest BCUT2D eigenvalue weighted by Crippen LogP contribution is 2.29. The van der Waals surface area contributed by atoms with Crippen molar-refractivity contribution in [2.75, 3.05) is 18.6 Å². The van der Waals surface area contributed by atoms with Crippen LogP contribution in [0.25, 0.3) is 10.2 Å². The van der Waals surface area contributed by atoms with E-state index in [0.717, 1.165) is 34.2 Å². The first-order valence-electron chi connectivity index (χ1n) is 7.05. The number of aromatic nitrogens is 2. The number of thiophene rings is 1. The Labute approximate surface area is 137 Å². The molecular weight excluding hydrogens is 312 g/mol. The van der Waals surface area contributed by atoms with E-state index in [1.165, 1.54) is 18.4 Å². The molecular formula is C16H16N4O2S. The minimum Gasteiger partial charge on any atom is -0.465 e. The SMILES string of the molecule is COC(=O)c1ccc(CCc2csc3nc(N)nc(N)c23)cc1. The van der Waals surface area contributed by atoms with Gasteiger partial charge in [0.25, 0.3) is 0 Å². The first-order valence-corrected chi connectivity index (χ1v) is 7.92. The molecule has 118 valence electrons. The van der Waals surface area contributed by atoms with E-state index in [2.05, 4.69) is 9.97 Å². The Hall–Kier alpha value is -2.67. The molecule has 6 nitrogen and oxygen atoms in total. The molecule has 0 saturated carbocycles. The topological polar surface area (TPSA) is 104 Å². The number of methoxy groups -OCH3 is 1. The molecule has 2 aromatic heterocycles. The van der Waals surface area contributed by atoms with Gasteiger partial charge in [-0.05, 0) is 41.5 Å². The molecule has 0 fully saturated rings. The number of carbonyl (C=O) groups excluding carboxylic acids is 1. The van der Waals surface area contributed by atoms with Gasteiger partial charge in [0.1, 0.15) is 10.6 Å². The number of nitrogens with two attached hydrogens (primary N) is 2. The third-order valence-corrected chi connectivity index (χ3v) is 4.53. The number of fused-ring (bicyclic) bond motifs is 1. The summed E-state index contributed by atoms with van der Waals surface area (Å²) in [6.45, 7) is 0. The highest BCUT2D eigenvalue weighted by Gasteiger charge is 2.11. The number of esters is 1. The highest BCUT2D eigenvalue weighted by molar-refractivity contribution is 7.17. The number of anilines is 2. The van der Waals surface area contributed by atoms with Crippen LogP contribution < -0.4 is 11.5 Å². The molecule has 7 heteroatoms. The number of benzene rings is 1. The summed E-state index contributed by atoms with van der Waals surface area (Å²) in [5, 5.41) is 2.92. The zero-order chi connectivity index (χ0) is 16.4. The van der Waals surface area contributed by atoms with Crippen LogP contribution in [-0.2, 0) is 17.6 Å². The van der Waals surface area contributed by atoms with Crippen molar-refractivity contribution in [3.63, 3.8) is 0 Å². The van der Waals surface area contributed by atoms with Crippen molar-refractivity contribution >= 4 is 39.3 Å². The summed E-state index contributed by atoms with van der Waals surface area (Å²) in [5.41, 5.74) is 14.4. The molecule has 0 aliphatic rings. The molecule has 2 heterocycles. The lowest BCUT2D eigenvalue weighted by atomic mass is 10.0. The average molecular weight is 328 g/mol. The van der Waals surface area contributed by atoms with Gasteiger partial charge in [-0.15, -0.1) is 11.3 Å². The maximum atomic E-state index is 11.4. The lowest BCUT2D eigenvalue weighted by Crippen LogP contribution is -2.02. The molecule has 0 aliphatic heterocycles. The molecule has 0 amide bonds. The van der Waals surface area contributed by atoms with Gasteiger partial charge in [0.2, 0.25) is 5.95 Å². The third kappa shape index (κ3) is 3.09. The normalized spacial score (nSPS) is 10.8. The van der Waals surface area contributed by atoms with Gasteiger partial charge in [-0.2, -0.15) is 4.98 Å². The predicted octanol–water partition coefficient (Wildman–Crippen LogP) is 2.43. The van der Waals surface area contributed by atoms with Crippen LogP contribution in [-0.4, -0.2) is 23.0 Å². The second-order valence-electron chi connectivity index (χ2n) is 5.10. The maximum Gasteiger partial charge on any atom is 0.337 e.